The Labute approximate surface area is 76.6 Å². The molecule has 68 valence electrons. The lowest BCUT2D eigenvalue weighted by Crippen LogP contribution is -1.96. The van der Waals surface area contributed by atoms with Crippen LogP contribution in [-0.2, 0) is 6.42 Å². The lowest BCUT2D eigenvalue weighted by Gasteiger charge is -2.03. The van der Waals surface area contributed by atoms with E-state index in [1.165, 1.54) is 12.1 Å². The molecule has 0 fully saturated rings. The summed E-state index contributed by atoms with van der Waals surface area (Å²) in [6.45, 7) is 1.91. The lowest BCUT2D eigenvalue weighted by atomic mass is 10.1. The summed E-state index contributed by atoms with van der Waals surface area (Å²) < 4.78 is 26.2. The highest BCUT2D eigenvalue weighted by Crippen LogP contribution is 2.16. The second-order valence-electron chi connectivity index (χ2n) is 2.79. The maximum absolute atomic E-state index is 13.2. The third kappa shape index (κ3) is 1.86. The number of halogens is 2. The van der Waals surface area contributed by atoms with Crippen molar-refractivity contribution in [3.63, 3.8) is 0 Å². The molecule has 0 aliphatic rings. The van der Waals surface area contributed by atoms with Gasteiger partial charge in [-0.25, -0.2) is 8.78 Å². The van der Waals surface area contributed by atoms with E-state index < -0.39 is 11.6 Å². The molecule has 0 nitrogen and oxygen atoms in total. The Morgan fingerprint density at radius 2 is 2.00 bits per heavy atom. The summed E-state index contributed by atoms with van der Waals surface area (Å²) in [4.78, 5) is 0. The van der Waals surface area contributed by atoms with Crippen molar-refractivity contribution in [1.29, 1.82) is 0 Å². The van der Waals surface area contributed by atoms with Gasteiger partial charge in [0.1, 0.15) is 0 Å². The van der Waals surface area contributed by atoms with E-state index in [1.54, 1.807) is 0 Å². The van der Waals surface area contributed by atoms with Crippen LogP contribution in [0.2, 0.25) is 0 Å². The summed E-state index contributed by atoms with van der Waals surface area (Å²) in [6.07, 6.45) is 6.31. The fraction of sp³-hybridized carbons (Fsp3) is 0.273. The fourth-order valence-corrected chi connectivity index (χ4v) is 1.16. The van der Waals surface area contributed by atoms with Crippen LogP contribution in [0.1, 0.15) is 24.5 Å². The summed E-state index contributed by atoms with van der Waals surface area (Å²) in [5.74, 6) is 0.373. The molecule has 0 saturated carbocycles. The van der Waals surface area contributed by atoms with E-state index in [4.69, 9.17) is 6.42 Å². The Balaban J connectivity index is 3.17. The summed E-state index contributed by atoms with van der Waals surface area (Å²) in [5, 5.41) is 0. The molecule has 0 heterocycles. The van der Waals surface area contributed by atoms with Crippen molar-refractivity contribution < 1.29 is 8.78 Å². The highest BCUT2D eigenvalue weighted by atomic mass is 19.2. The van der Waals surface area contributed by atoms with Gasteiger partial charge in [-0.2, -0.15) is 0 Å². The van der Waals surface area contributed by atoms with Gasteiger partial charge in [0.15, 0.2) is 11.6 Å². The van der Waals surface area contributed by atoms with Gasteiger partial charge >= 0.3 is 0 Å². The second-order valence-corrected chi connectivity index (χ2v) is 2.79. The lowest BCUT2D eigenvalue weighted by molar-refractivity contribution is 0.496. The van der Waals surface area contributed by atoms with Gasteiger partial charge in [0.25, 0.3) is 0 Å². The zero-order valence-electron chi connectivity index (χ0n) is 7.40. The van der Waals surface area contributed by atoms with Crippen molar-refractivity contribution in [2.24, 2.45) is 0 Å². The van der Waals surface area contributed by atoms with Gasteiger partial charge in [-0.3, -0.25) is 0 Å². The van der Waals surface area contributed by atoms with E-state index in [1.807, 2.05) is 6.92 Å². The molecule has 0 bridgehead atoms. The molecule has 13 heavy (non-hydrogen) atoms. The molecule has 1 aromatic rings. The van der Waals surface area contributed by atoms with Gasteiger partial charge in [0.2, 0.25) is 0 Å². The third-order valence-corrected chi connectivity index (χ3v) is 1.84. The van der Waals surface area contributed by atoms with Crippen LogP contribution >= 0.6 is 0 Å². The molecule has 0 spiro atoms. The molecule has 2 heteroatoms. The van der Waals surface area contributed by atoms with Crippen molar-refractivity contribution in [1.82, 2.24) is 0 Å². The van der Waals surface area contributed by atoms with Crippen molar-refractivity contribution in [3.05, 3.63) is 34.9 Å². The van der Waals surface area contributed by atoms with Crippen molar-refractivity contribution >= 4 is 0 Å². The van der Waals surface area contributed by atoms with Crippen LogP contribution in [0, 0.1) is 24.0 Å². The SMILES string of the molecule is C#Cc1ccc(CCC)c(F)c1F. The Morgan fingerprint density at radius 1 is 1.31 bits per heavy atom. The largest absolute Gasteiger partial charge is 0.203 e. The van der Waals surface area contributed by atoms with Gasteiger partial charge in [0.05, 0.1) is 5.56 Å². The Morgan fingerprint density at radius 3 is 2.54 bits per heavy atom. The molecule has 0 aliphatic carbocycles. The third-order valence-electron chi connectivity index (χ3n) is 1.84. The first-order valence-corrected chi connectivity index (χ1v) is 4.14. The maximum Gasteiger partial charge on any atom is 0.174 e. The number of benzene rings is 1. The molecular weight excluding hydrogens is 170 g/mol. The number of rotatable bonds is 2. The molecule has 0 radical (unpaired) electrons. The van der Waals surface area contributed by atoms with Crippen molar-refractivity contribution in [3.8, 4) is 12.3 Å². The van der Waals surface area contributed by atoms with Crippen LogP contribution in [-0.4, -0.2) is 0 Å². The van der Waals surface area contributed by atoms with Gasteiger partial charge in [-0.1, -0.05) is 25.3 Å². The minimum absolute atomic E-state index is 0.0163. The van der Waals surface area contributed by atoms with Crippen LogP contribution in [0.15, 0.2) is 12.1 Å². The smallest absolute Gasteiger partial charge is 0.174 e. The minimum Gasteiger partial charge on any atom is -0.203 e. The summed E-state index contributed by atoms with van der Waals surface area (Å²) in [7, 11) is 0. The maximum atomic E-state index is 13.2. The molecule has 0 unspecified atom stereocenters. The van der Waals surface area contributed by atoms with Crippen LogP contribution in [0.4, 0.5) is 8.78 Å². The van der Waals surface area contributed by atoms with Gasteiger partial charge in [0, 0.05) is 0 Å². The Bertz CT molecular complexity index is 348. The number of hydrogen-bond acceptors (Lipinski definition) is 0. The first-order valence-electron chi connectivity index (χ1n) is 4.14. The van der Waals surface area contributed by atoms with Crippen molar-refractivity contribution in [2.75, 3.05) is 0 Å². The van der Waals surface area contributed by atoms with Crippen LogP contribution in [0.5, 0.6) is 0 Å². The second kappa shape index (κ2) is 4.04. The Hall–Kier alpha value is -1.36. The Kier molecular flexibility index (Phi) is 3.02. The normalized spacial score (nSPS) is 9.69. The van der Waals surface area contributed by atoms with E-state index >= 15 is 0 Å². The highest BCUT2D eigenvalue weighted by Gasteiger charge is 2.10. The summed E-state index contributed by atoms with van der Waals surface area (Å²) in [5.41, 5.74) is 0.372. The minimum atomic E-state index is -0.909. The molecular formula is C11H10F2. The standard InChI is InChI=1S/C11H10F2/c1-3-5-9-7-6-8(4-2)10(12)11(9)13/h2,6-7H,3,5H2,1H3. The van der Waals surface area contributed by atoms with Crippen LogP contribution in [0.25, 0.3) is 0 Å². The van der Waals surface area contributed by atoms with E-state index in [9.17, 15) is 8.78 Å². The topological polar surface area (TPSA) is 0 Å². The quantitative estimate of drug-likeness (QED) is 0.614. The first kappa shape index (κ1) is 9.73. The van der Waals surface area contributed by atoms with Gasteiger partial charge in [-0.05, 0) is 18.1 Å². The fourth-order valence-electron chi connectivity index (χ4n) is 1.16. The summed E-state index contributed by atoms with van der Waals surface area (Å²) in [6, 6.07) is 2.97. The molecule has 0 amide bonds. The number of hydrogen-bond donors (Lipinski definition) is 0. The molecule has 1 aromatic carbocycles. The van der Waals surface area contributed by atoms with Crippen molar-refractivity contribution in [2.45, 2.75) is 19.8 Å². The molecule has 0 saturated heterocycles. The molecule has 0 aromatic heterocycles. The van der Waals surface area contributed by atoms with Crippen LogP contribution in [0.3, 0.4) is 0 Å². The highest BCUT2D eigenvalue weighted by molar-refractivity contribution is 5.36. The van der Waals surface area contributed by atoms with E-state index in [0.717, 1.165) is 6.42 Å². The van der Waals surface area contributed by atoms with Gasteiger partial charge in [-0.15, -0.1) is 6.42 Å². The predicted molar refractivity (Wildman–Crippen MR) is 48.3 cm³/mol. The zero-order valence-corrected chi connectivity index (χ0v) is 7.40. The molecule has 1 rings (SSSR count). The van der Waals surface area contributed by atoms with E-state index in [0.29, 0.717) is 12.0 Å². The van der Waals surface area contributed by atoms with E-state index in [-0.39, 0.29) is 5.56 Å². The van der Waals surface area contributed by atoms with Crippen LogP contribution < -0.4 is 0 Å². The van der Waals surface area contributed by atoms with Gasteiger partial charge < -0.3 is 0 Å². The van der Waals surface area contributed by atoms with E-state index in [2.05, 4.69) is 5.92 Å². The number of aryl methyl sites for hydroxylation is 1. The molecule has 0 atom stereocenters. The monoisotopic (exact) mass is 180 g/mol. The first-order chi connectivity index (χ1) is 6.20. The summed E-state index contributed by atoms with van der Waals surface area (Å²) >= 11 is 0. The zero-order chi connectivity index (χ0) is 9.84. The number of terminal acetylenes is 1. The average Bonchev–Trinajstić information content (AvgIpc) is 2.14. The predicted octanol–water partition coefficient (Wildman–Crippen LogP) is 2.90. The molecule has 0 N–H and O–H groups in total. The molecule has 0 aliphatic heterocycles. The average molecular weight is 180 g/mol.